The van der Waals surface area contributed by atoms with Crippen LogP contribution in [0.1, 0.15) is 131 Å². The van der Waals surface area contributed by atoms with Crippen molar-refractivity contribution < 1.29 is 56.7 Å². The molecule has 4 saturated heterocycles. The lowest BCUT2D eigenvalue weighted by Crippen LogP contribution is -2.41. The highest BCUT2D eigenvalue weighted by atomic mass is 79.9. The minimum absolute atomic E-state index is 0.0262. The van der Waals surface area contributed by atoms with Crippen LogP contribution in [0.2, 0.25) is 0 Å². The molecule has 0 radical (unpaired) electrons. The Kier molecular flexibility index (Phi) is 19.7. The van der Waals surface area contributed by atoms with E-state index in [0.29, 0.717) is 49.8 Å². The Morgan fingerprint density at radius 2 is 0.977 bits per heavy atom. The van der Waals surface area contributed by atoms with E-state index in [2.05, 4.69) is 68.5 Å². The van der Waals surface area contributed by atoms with Crippen molar-refractivity contribution in [1.29, 1.82) is 0 Å². The van der Waals surface area contributed by atoms with Crippen LogP contribution >= 0.6 is 54.5 Å². The molecule has 2 aliphatic carbocycles. The van der Waals surface area contributed by atoms with Crippen molar-refractivity contribution in [2.75, 3.05) is 60.0 Å². The molecule has 468 valence electrons. The van der Waals surface area contributed by atoms with Crippen LogP contribution in [0.25, 0.3) is 31.6 Å². The Bertz CT molecular complexity index is 3470. The molecule has 2 aromatic carbocycles. The fourth-order valence-corrected chi connectivity index (χ4v) is 13.2. The van der Waals surface area contributed by atoms with E-state index in [9.17, 15) is 19.2 Å². The van der Waals surface area contributed by atoms with Crippen molar-refractivity contribution in [3.63, 3.8) is 0 Å². The first-order chi connectivity index (χ1) is 42.0. The SMILES string of the molecule is CC1(C)OB(B2OC(C)(C)C(C)(C)O2)OC1(C)C.O=C(Nc1nc2ccc(-c3cnc4c(c3)N(C(=O)OC3CCOCC3)CCC4)cc2s1)C1CC1.O=C(Nc1nc2ccc(Br)cc2s1)C1CC1.O=C(OC1CCOCC1)N1CCCc2ncc(Br)cc21. The second kappa shape index (κ2) is 27.0. The highest BCUT2D eigenvalue weighted by molar-refractivity contribution is 9.10. The summed E-state index contributed by atoms with van der Waals surface area (Å²) in [6.45, 7) is 20.1. The number of thiazole rings is 2. The van der Waals surface area contributed by atoms with E-state index < -0.39 is 14.0 Å². The number of amides is 4. The van der Waals surface area contributed by atoms with Gasteiger partial charge in [0.25, 0.3) is 0 Å². The normalized spacial score (nSPS) is 20.9. The highest BCUT2D eigenvalue weighted by Crippen LogP contribution is 2.44. The van der Waals surface area contributed by atoms with Crippen LogP contribution in [0.4, 0.5) is 31.2 Å². The third kappa shape index (κ3) is 15.4. The summed E-state index contributed by atoms with van der Waals surface area (Å²) in [5, 5.41) is 7.13. The number of carbonyl (C=O) groups excluding carboxylic acids is 4. The molecule has 8 aliphatic rings. The van der Waals surface area contributed by atoms with Gasteiger partial charge in [-0.1, -0.05) is 44.7 Å². The number of carbonyl (C=O) groups is 4. The number of anilines is 4. The maximum Gasteiger partial charge on any atom is 0.488 e. The topological polar surface area (TPSA) is 224 Å². The van der Waals surface area contributed by atoms with Crippen LogP contribution in [0.3, 0.4) is 0 Å². The summed E-state index contributed by atoms with van der Waals surface area (Å²) in [7, 11) is -0.952. The van der Waals surface area contributed by atoms with Gasteiger partial charge in [0.15, 0.2) is 10.3 Å². The average Bonchev–Trinajstić information content (AvgIpc) is 1.90. The summed E-state index contributed by atoms with van der Waals surface area (Å²) in [6.07, 6.45) is 13.5. The minimum atomic E-state index is -0.476. The summed E-state index contributed by atoms with van der Waals surface area (Å²) in [4.78, 5) is 70.4. The lowest BCUT2D eigenvalue weighted by Gasteiger charge is -2.32. The molecule has 0 bridgehead atoms. The van der Waals surface area contributed by atoms with Gasteiger partial charge in [0.05, 0.1) is 92.0 Å². The maximum atomic E-state index is 13.0. The quantitative estimate of drug-likeness (QED) is 0.135. The van der Waals surface area contributed by atoms with E-state index in [4.69, 9.17) is 37.6 Å². The van der Waals surface area contributed by atoms with E-state index in [-0.39, 0.29) is 70.4 Å². The van der Waals surface area contributed by atoms with Gasteiger partial charge in [-0.15, -0.1) is 0 Å². The van der Waals surface area contributed by atoms with Crippen molar-refractivity contribution in [3.8, 4) is 11.1 Å². The van der Waals surface area contributed by atoms with E-state index in [0.717, 1.165) is 140 Å². The largest absolute Gasteiger partial charge is 0.488 e. The molecule has 20 nitrogen and oxygen atoms in total. The molecule has 2 N–H and O–H groups in total. The molecule has 10 heterocycles. The highest BCUT2D eigenvalue weighted by Gasteiger charge is 2.63. The van der Waals surface area contributed by atoms with Crippen LogP contribution in [0.15, 0.2) is 69.9 Å². The van der Waals surface area contributed by atoms with Gasteiger partial charge in [-0.05, 0) is 171 Å². The molecule has 14 rings (SSSR count). The smallest absolute Gasteiger partial charge is 0.446 e. The molecule has 0 atom stereocenters. The van der Waals surface area contributed by atoms with Crippen molar-refractivity contribution in [2.24, 2.45) is 11.8 Å². The summed E-state index contributed by atoms with van der Waals surface area (Å²) in [5.74, 6) is 0.535. The molecule has 4 amide bonds. The number of pyridine rings is 2. The molecule has 0 unspecified atom stereocenters. The molecule has 88 heavy (non-hydrogen) atoms. The van der Waals surface area contributed by atoms with Gasteiger partial charge < -0.3 is 48.2 Å². The predicted molar refractivity (Wildman–Crippen MR) is 349 cm³/mol. The Balaban J connectivity index is 0.000000128. The summed E-state index contributed by atoms with van der Waals surface area (Å²) in [5.41, 5.74) is 5.84. The average molecular weight is 1370 g/mol. The van der Waals surface area contributed by atoms with Crippen molar-refractivity contribution in [1.82, 2.24) is 19.9 Å². The lowest BCUT2D eigenvalue weighted by atomic mass is 9.49. The minimum Gasteiger partial charge on any atom is -0.446 e. The number of aromatic nitrogens is 4. The molecule has 6 fully saturated rings. The first-order valence-corrected chi connectivity index (χ1v) is 33.8. The van der Waals surface area contributed by atoms with Crippen LogP contribution in [0, 0.1) is 11.8 Å². The Morgan fingerprint density at radius 1 is 0.545 bits per heavy atom. The summed E-state index contributed by atoms with van der Waals surface area (Å²) >= 11 is 9.81. The van der Waals surface area contributed by atoms with E-state index in [1.807, 2.05) is 104 Å². The molecule has 4 aromatic heterocycles. The first kappa shape index (κ1) is 64.4. The number of hydrogen-bond acceptors (Lipinski definition) is 18. The maximum absolute atomic E-state index is 13.0. The number of fused-ring (bicyclic) bond motifs is 4. The number of ether oxygens (including phenoxy) is 4. The second-order valence-corrected chi connectivity index (χ2v) is 29.2. The molecule has 6 aliphatic heterocycles. The van der Waals surface area contributed by atoms with Crippen LogP contribution in [-0.4, -0.2) is 132 Å². The second-order valence-electron chi connectivity index (χ2n) is 25.3. The van der Waals surface area contributed by atoms with E-state index >= 15 is 0 Å². The van der Waals surface area contributed by atoms with Crippen molar-refractivity contribution in [2.45, 2.75) is 167 Å². The van der Waals surface area contributed by atoms with Crippen LogP contribution in [0.5, 0.6) is 0 Å². The van der Waals surface area contributed by atoms with Gasteiger partial charge in [0.2, 0.25) is 11.8 Å². The van der Waals surface area contributed by atoms with Gasteiger partial charge >= 0.3 is 26.2 Å². The first-order valence-electron chi connectivity index (χ1n) is 30.5. The Labute approximate surface area is 539 Å². The zero-order valence-electron chi connectivity index (χ0n) is 51.1. The van der Waals surface area contributed by atoms with Gasteiger partial charge in [-0.25, -0.2) is 19.6 Å². The number of aryl methyl sites for hydroxylation is 2. The number of rotatable bonds is 8. The molecule has 6 aromatic rings. The van der Waals surface area contributed by atoms with Gasteiger partial charge in [0, 0.05) is 77.5 Å². The number of benzene rings is 2. The van der Waals surface area contributed by atoms with Crippen LogP contribution in [-0.2, 0) is 60.0 Å². The zero-order chi connectivity index (χ0) is 62.1. The summed E-state index contributed by atoms with van der Waals surface area (Å²) < 4.78 is 49.9. The van der Waals surface area contributed by atoms with E-state index in [1.54, 1.807) is 16.0 Å². The monoisotopic (exact) mass is 1370 g/mol. The van der Waals surface area contributed by atoms with Crippen molar-refractivity contribution >= 4 is 135 Å². The Hall–Kier alpha value is -5.15. The van der Waals surface area contributed by atoms with Gasteiger partial charge in [-0.3, -0.25) is 29.4 Å². The number of hydrogen-bond donors (Lipinski definition) is 2. The number of nitrogens with zero attached hydrogens (tertiary/aromatic N) is 6. The van der Waals surface area contributed by atoms with Gasteiger partial charge in [-0.2, -0.15) is 0 Å². The van der Waals surface area contributed by atoms with Gasteiger partial charge in [0.1, 0.15) is 12.2 Å². The molecular weight excluding hydrogens is 1290 g/mol. The standard InChI is InChI=1S/C25H26N4O4S.C14H17BrN2O3.C12H24B2O4.C11H9BrN2OS/c30-23(15-3-4-15)28-24-27-20-6-5-16(13-22(20)34-24)17-12-21-19(26-14-17)2-1-9-29(21)25(31)33-18-7-10-32-11-8-18;15-10-8-13-12(16-9-10)2-1-5-17(13)14(18)20-11-3-6-19-7-4-11;1-9(2)10(3,4)16-13(15-9)14-17-11(5,6)12(7,8)18-14;12-7-3-4-8-9(5-7)16-11(13-8)14-10(15)6-1-2-6/h5-6,12-15,18H,1-4,7-11H2,(H,27,28,30);8-9,11H,1-7H2;1-8H3;3-6H,1-2H2,(H,13,14,15). The fourth-order valence-electron chi connectivity index (χ4n) is 10.6. The molecule has 26 heteroatoms. The van der Waals surface area contributed by atoms with Crippen LogP contribution < -0.4 is 20.4 Å². The fraction of sp³-hybridized carbons (Fsp3) is 0.548. The molecular formula is C62H76B2Br2N8O12S2. The van der Waals surface area contributed by atoms with E-state index in [1.165, 1.54) is 22.7 Å². The zero-order valence-corrected chi connectivity index (χ0v) is 55.9. The third-order valence-corrected chi connectivity index (χ3v) is 20.3. The molecule has 0 spiro atoms. The number of nitrogens with one attached hydrogen (secondary N) is 2. The molecule has 2 saturated carbocycles. The third-order valence-electron chi connectivity index (χ3n) is 17.5. The lowest BCUT2D eigenvalue weighted by molar-refractivity contribution is -0.118. The van der Waals surface area contributed by atoms with Crippen molar-refractivity contribution in [3.05, 3.63) is 81.3 Å². The predicted octanol–water partition coefficient (Wildman–Crippen LogP) is 13.3. The Morgan fingerprint density at radius 3 is 1.44 bits per heavy atom. The summed E-state index contributed by atoms with van der Waals surface area (Å²) in [6, 6.07) is 15.9. The number of halogens is 2.